The maximum Gasteiger partial charge on any atom is 0.0745 e. The molecule has 1 aliphatic heterocycles. The minimum atomic E-state index is 0. The van der Waals surface area contributed by atoms with Gasteiger partial charge in [0.25, 0.3) is 0 Å². The van der Waals surface area contributed by atoms with Gasteiger partial charge in [-0.3, -0.25) is 4.90 Å². The molecule has 0 N–H and O–H groups in total. The lowest BCUT2D eigenvalue weighted by atomic mass is 10.0. The van der Waals surface area contributed by atoms with Gasteiger partial charge in [-0.15, -0.1) is 12.4 Å². The molecule has 0 radical (unpaired) electrons. The predicted octanol–water partition coefficient (Wildman–Crippen LogP) is 7.08. The number of anilines is 1. The predicted molar refractivity (Wildman–Crippen MR) is 143 cm³/mol. The zero-order chi connectivity index (χ0) is 21.9. The maximum atomic E-state index is 6.32. The third kappa shape index (κ3) is 5.33. The Bertz CT molecular complexity index is 1190. The van der Waals surface area contributed by atoms with Crippen molar-refractivity contribution in [1.82, 2.24) is 9.88 Å². The highest BCUT2D eigenvalue weighted by atomic mass is 35.5. The Kier molecular flexibility index (Phi) is 7.54. The number of aromatic nitrogens is 1. The largest absolute Gasteiger partial charge is 0.371 e. The number of hydrogen-bond acceptors (Lipinski definition) is 3. The first-order valence-corrected chi connectivity index (χ1v) is 11.7. The molecule has 0 spiro atoms. The fraction of sp³-hybridized carbons (Fsp3) is 0.250. The number of benzene rings is 3. The maximum absolute atomic E-state index is 6.32. The smallest absolute Gasteiger partial charge is 0.0745 e. The monoisotopic (exact) mass is 477 g/mol. The van der Waals surface area contributed by atoms with E-state index in [0.717, 1.165) is 59.7 Å². The standard InChI is InChI=1S/C28H28ClN3.ClH/c1-31(24-14-16-32(17-15-24)20-21-8-4-2-5-9-21)28-19-26(22-10-6-3-7-11-22)30-27-18-23(29)12-13-25(27)28;/h2-13,18-19,24H,14-17,20H2,1H3;1H. The Morgan fingerprint density at radius 3 is 2.27 bits per heavy atom. The topological polar surface area (TPSA) is 19.4 Å². The van der Waals surface area contributed by atoms with Gasteiger partial charge in [-0.05, 0) is 42.7 Å². The zero-order valence-corrected chi connectivity index (χ0v) is 20.4. The summed E-state index contributed by atoms with van der Waals surface area (Å²) >= 11 is 6.32. The van der Waals surface area contributed by atoms with Crippen molar-refractivity contribution >= 4 is 40.6 Å². The van der Waals surface area contributed by atoms with Crippen molar-refractivity contribution in [2.75, 3.05) is 25.0 Å². The first kappa shape index (κ1) is 23.6. The second-order valence-corrected chi connectivity index (χ2v) is 9.09. The van der Waals surface area contributed by atoms with E-state index >= 15 is 0 Å². The molecule has 0 saturated carbocycles. The molecule has 1 fully saturated rings. The Hall–Kier alpha value is -2.59. The van der Waals surface area contributed by atoms with E-state index in [1.54, 1.807) is 0 Å². The summed E-state index contributed by atoms with van der Waals surface area (Å²) in [6, 6.07) is 30.0. The average molecular weight is 478 g/mol. The Morgan fingerprint density at radius 1 is 0.909 bits per heavy atom. The number of rotatable bonds is 5. The summed E-state index contributed by atoms with van der Waals surface area (Å²) in [5.74, 6) is 0. The van der Waals surface area contributed by atoms with Crippen LogP contribution in [0.2, 0.25) is 5.02 Å². The van der Waals surface area contributed by atoms with Gasteiger partial charge in [-0.2, -0.15) is 0 Å². The number of halogens is 2. The minimum Gasteiger partial charge on any atom is -0.371 e. The summed E-state index contributed by atoms with van der Waals surface area (Å²) in [7, 11) is 2.23. The van der Waals surface area contributed by atoms with Crippen LogP contribution in [0.4, 0.5) is 5.69 Å². The van der Waals surface area contributed by atoms with Crippen LogP contribution in [-0.2, 0) is 6.54 Å². The second kappa shape index (κ2) is 10.6. The van der Waals surface area contributed by atoms with Gasteiger partial charge in [-0.25, -0.2) is 4.98 Å². The van der Waals surface area contributed by atoms with Crippen molar-refractivity contribution in [2.24, 2.45) is 0 Å². The summed E-state index contributed by atoms with van der Waals surface area (Å²) in [4.78, 5) is 9.97. The van der Waals surface area contributed by atoms with Crippen molar-refractivity contribution in [3.63, 3.8) is 0 Å². The molecule has 1 saturated heterocycles. The molecule has 3 aromatic carbocycles. The first-order chi connectivity index (χ1) is 15.7. The van der Waals surface area contributed by atoms with Crippen LogP contribution in [0.25, 0.3) is 22.2 Å². The van der Waals surface area contributed by atoms with Crippen LogP contribution >= 0.6 is 24.0 Å². The lowest BCUT2D eigenvalue weighted by Gasteiger charge is -2.38. The Balaban J connectivity index is 0.00000259. The Labute approximate surface area is 207 Å². The Morgan fingerprint density at radius 2 is 1.58 bits per heavy atom. The van der Waals surface area contributed by atoms with E-state index in [-0.39, 0.29) is 12.4 Å². The van der Waals surface area contributed by atoms with E-state index in [2.05, 4.69) is 83.6 Å². The van der Waals surface area contributed by atoms with Gasteiger partial charge in [0.1, 0.15) is 0 Å². The van der Waals surface area contributed by atoms with E-state index in [9.17, 15) is 0 Å². The molecule has 0 unspecified atom stereocenters. The van der Waals surface area contributed by atoms with Gasteiger partial charge in [0.05, 0.1) is 11.2 Å². The molecule has 4 aromatic rings. The van der Waals surface area contributed by atoms with Gasteiger partial charge in [0.2, 0.25) is 0 Å². The van der Waals surface area contributed by atoms with Gasteiger partial charge in [0.15, 0.2) is 0 Å². The molecule has 0 amide bonds. The molecule has 0 atom stereocenters. The van der Waals surface area contributed by atoms with Crippen molar-refractivity contribution in [3.05, 3.63) is 95.5 Å². The van der Waals surface area contributed by atoms with Crippen molar-refractivity contribution in [2.45, 2.75) is 25.4 Å². The quantitative estimate of drug-likeness (QED) is 0.306. The van der Waals surface area contributed by atoms with Crippen LogP contribution in [-0.4, -0.2) is 36.1 Å². The number of nitrogens with zero attached hydrogens (tertiary/aromatic N) is 3. The van der Waals surface area contributed by atoms with Gasteiger partial charge >= 0.3 is 0 Å². The minimum absolute atomic E-state index is 0. The zero-order valence-electron chi connectivity index (χ0n) is 18.8. The third-order valence-corrected chi connectivity index (χ3v) is 6.79. The number of hydrogen-bond donors (Lipinski definition) is 0. The number of likely N-dealkylation sites (tertiary alicyclic amines) is 1. The molecule has 1 aromatic heterocycles. The molecule has 170 valence electrons. The van der Waals surface area contributed by atoms with Crippen LogP contribution in [0.3, 0.4) is 0 Å². The highest BCUT2D eigenvalue weighted by molar-refractivity contribution is 6.31. The summed E-state index contributed by atoms with van der Waals surface area (Å²) in [6.45, 7) is 3.26. The highest BCUT2D eigenvalue weighted by Crippen LogP contribution is 2.34. The first-order valence-electron chi connectivity index (χ1n) is 11.3. The number of fused-ring (bicyclic) bond motifs is 1. The van der Waals surface area contributed by atoms with E-state index in [1.165, 1.54) is 11.3 Å². The third-order valence-electron chi connectivity index (χ3n) is 6.55. The molecular formula is C28H29Cl2N3. The summed E-state index contributed by atoms with van der Waals surface area (Å²) in [5, 5.41) is 1.88. The van der Waals surface area contributed by atoms with Crippen LogP contribution < -0.4 is 4.90 Å². The molecule has 3 nitrogen and oxygen atoms in total. The van der Waals surface area contributed by atoms with E-state index in [1.807, 2.05) is 18.2 Å². The lowest BCUT2D eigenvalue weighted by molar-refractivity contribution is 0.203. The molecule has 33 heavy (non-hydrogen) atoms. The normalized spacial score (nSPS) is 14.7. The van der Waals surface area contributed by atoms with Crippen LogP contribution in [0.5, 0.6) is 0 Å². The van der Waals surface area contributed by atoms with Gasteiger partial charge in [0, 0.05) is 54.4 Å². The van der Waals surface area contributed by atoms with Crippen molar-refractivity contribution in [1.29, 1.82) is 0 Å². The fourth-order valence-corrected chi connectivity index (χ4v) is 4.90. The molecule has 0 bridgehead atoms. The van der Waals surface area contributed by atoms with Gasteiger partial charge in [-0.1, -0.05) is 72.3 Å². The van der Waals surface area contributed by atoms with Crippen LogP contribution in [0.15, 0.2) is 84.9 Å². The van der Waals surface area contributed by atoms with Crippen molar-refractivity contribution in [3.8, 4) is 11.3 Å². The average Bonchev–Trinajstić information content (AvgIpc) is 2.84. The van der Waals surface area contributed by atoms with Crippen LogP contribution in [0.1, 0.15) is 18.4 Å². The molecule has 5 heteroatoms. The van der Waals surface area contributed by atoms with E-state index in [4.69, 9.17) is 16.6 Å². The molecule has 5 rings (SSSR count). The molecule has 0 aliphatic carbocycles. The van der Waals surface area contributed by atoms with E-state index in [0.29, 0.717) is 6.04 Å². The highest BCUT2D eigenvalue weighted by Gasteiger charge is 2.24. The van der Waals surface area contributed by atoms with E-state index < -0.39 is 0 Å². The summed E-state index contributed by atoms with van der Waals surface area (Å²) < 4.78 is 0. The molecule has 2 heterocycles. The van der Waals surface area contributed by atoms with Crippen LogP contribution in [0, 0.1) is 0 Å². The molecular weight excluding hydrogens is 449 g/mol. The number of pyridine rings is 1. The lowest BCUT2D eigenvalue weighted by Crippen LogP contribution is -2.43. The second-order valence-electron chi connectivity index (χ2n) is 8.66. The fourth-order valence-electron chi connectivity index (χ4n) is 4.73. The van der Waals surface area contributed by atoms with Gasteiger partial charge < -0.3 is 4.90 Å². The SMILES string of the molecule is CN(c1cc(-c2ccccc2)nc2cc(Cl)ccc12)C1CCN(Cc2ccccc2)CC1.Cl. The summed E-state index contributed by atoms with van der Waals surface area (Å²) in [6.07, 6.45) is 2.31. The number of piperidine rings is 1. The van der Waals surface area contributed by atoms with Crippen molar-refractivity contribution < 1.29 is 0 Å². The molecule has 1 aliphatic rings. The summed E-state index contributed by atoms with van der Waals surface area (Å²) in [5.41, 5.74) is 5.68.